The second kappa shape index (κ2) is 15.4. The number of hydrogen-bond donors (Lipinski definition) is 0. The average Bonchev–Trinajstić information content (AvgIpc) is 4.17. The van der Waals surface area contributed by atoms with Gasteiger partial charge in [-0.15, -0.1) is 0 Å². The fourth-order valence-electron chi connectivity index (χ4n) is 16.5. The van der Waals surface area contributed by atoms with E-state index in [1.165, 1.54) is 153 Å². The third-order valence-electron chi connectivity index (χ3n) is 19.2. The van der Waals surface area contributed by atoms with Crippen LogP contribution < -0.4 is 4.90 Å². The molecule has 0 N–H and O–H groups in total. The van der Waals surface area contributed by atoms with Crippen LogP contribution in [-0.4, -0.2) is 4.57 Å². The van der Waals surface area contributed by atoms with Crippen molar-refractivity contribution in [2.24, 2.45) is 29.6 Å². The number of fused-ring (bicyclic) bond motifs is 9. The largest absolute Gasteiger partial charge is 0.310 e. The third kappa shape index (κ3) is 6.23. The molecule has 1 heterocycles. The summed E-state index contributed by atoms with van der Waals surface area (Å²) in [6.45, 7) is 4.96. The third-order valence-corrected chi connectivity index (χ3v) is 19.2. The molecular formula is C68H62N2. The highest BCUT2D eigenvalue weighted by Gasteiger charge is 2.51. The number of nitrogens with zero attached hydrogens (tertiary/aromatic N) is 2. The van der Waals surface area contributed by atoms with Gasteiger partial charge in [0, 0.05) is 38.9 Å². The van der Waals surface area contributed by atoms with Gasteiger partial charge >= 0.3 is 0 Å². The van der Waals surface area contributed by atoms with Crippen LogP contribution in [0.5, 0.6) is 0 Å². The Morgan fingerprint density at radius 1 is 0.486 bits per heavy atom. The van der Waals surface area contributed by atoms with E-state index < -0.39 is 0 Å². The zero-order valence-electron chi connectivity index (χ0n) is 40.8. The summed E-state index contributed by atoms with van der Waals surface area (Å²) < 4.78 is 2.59. The summed E-state index contributed by atoms with van der Waals surface area (Å²) in [6, 6.07) is 70.1. The molecule has 3 unspecified atom stereocenters. The van der Waals surface area contributed by atoms with Crippen molar-refractivity contribution in [2.45, 2.75) is 94.8 Å². The Morgan fingerprint density at radius 2 is 1.10 bits per heavy atom. The molecule has 0 saturated heterocycles. The highest BCUT2D eigenvalue weighted by molar-refractivity contribution is 6.19. The molecule has 0 aliphatic heterocycles. The lowest BCUT2D eigenvalue weighted by molar-refractivity contribution is -0.00518. The van der Waals surface area contributed by atoms with Gasteiger partial charge in [0.1, 0.15) is 0 Å². The topological polar surface area (TPSA) is 8.17 Å². The standard InChI is InChI=1S/C68H62N2/c1-67(2)62-39-56(69(54-24-20-49(21-25-54)60-36-43-18-19-50(60)35-43)55-26-22-52(23-27-55)68-40-44-32-45(41-68)34-46(33-44)42-68)28-29-57(62)58-30-31-59-64-61(48-14-8-4-9-15-48)37-51(47-12-6-3-7-13-47)38-63(64)70(66(59)65(58)67)53-16-10-5-11-17-53/h3-17,20-31,37-39,43-46,50,60H,18-19,32-36,40-42H2,1-2H3. The van der Waals surface area contributed by atoms with Crippen molar-refractivity contribution >= 4 is 38.9 Å². The maximum absolute atomic E-state index is 2.59. The molecular weight excluding hydrogens is 845 g/mol. The summed E-state index contributed by atoms with van der Waals surface area (Å²) in [7, 11) is 0. The normalized spacial score (nSPS) is 25.5. The van der Waals surface area contributed by atoms with E-state index in [1.54, 1.807) is 11.1 Å². The molecule has 7 aliphatic rings. The quantitative estimate of drug-likeness (QED) is 0.147. The van der Waals surface area contributed by atoms with Crippen molar-refractivity contribution in [3.8, 4) is 39.1 Å². The highest BCUT2D eigenvalue weighted by Crippen LogP contribution is 2.61. The predicted octanol–water partition coefficient (Wildman–Crippen LogP) is 18.3. The molecule has 344 valence electrons. The van der Waals surface area contributed by atoms with Crippen molar-refractivity contribution in [3.05, 3.63) is 204 Å². The van der Waals surface area contributed by atoms with E-state index in [2.05, 4.69) is 205 Å². The number of hydrogen-bond acceptors (Lipinski definition) is 1. The molecule has 2 heteroatoms. The first kappa shape index (κ1) is 41.2. The van der Waals surface area contributed by atoms with E-state index in [1.807, 2.05) is 0 Å². The maximum atomic E-state index is 2.59. The van der Waals surface area contributed by atoms with Gasteiger partial charge in [-0.05, 0) is 215 Å². The second-order valence-corrected chi connectivity index (χ2v) is 23.5. The van der Waals surface area contributed by atoms with Crippen molar-refractivity contribution in [2.75, 3.05) is 4.90 Å². The SMILES string of the molecule is CC1(C)c2cc(N(c3ccc(C4CC5CCC4C5)cc3)c3ccc(C45CC6CC(CC(C6)C4)C5)cc3)ccc2-c2ccc3c4c(-c5ccccc5)cc(-c5ccccc5)cc4n(-c4ccccc4)c3c21. The van der Waals surface area contributed by atoms with Crippen LogP contribution in [0.25, 0.3) is 60.9 Å². The molecule has 6 saturated carbocycles. The Hall–Kier alpha value is -6.64. The van der Waals surface area contributed by atoms with E-state index in [4.69, 9.17) is 0 Å². The molecule has 0 amide bonds. The van der Waals surface area contributed by atoms with Gasteiger partial charge in [0.05, 0.1) is 11.0 Å². The van der Waals surface area contributed by atoms with Gasteiger partial charge in [-0.25, -0.2) is 0 Å². The lowest BCUT2D eigenvalue weighted by Crippen LogP contribution is -2.48. The van der Waals surface area contributed by atoms with Crippen LogP contribution in [0.4, 0.5) is 17.1 Å². The molecule has 1 aromatic heterocycles. The fraction of sp³-hybridized carbons (Fsp3) is 0.294. The first-order valence-electron chi connectivity index (χ1n) is 26.8. The van der Waals surface area contributed by atoms with Crippen LogP contribution in [0.2, 0.25) is 0 Å². The number of para-hydroxylation sites is 1. The Bertz CT molecular complexity index is 3450. The van der Waals surface area contributed by atoms with Gasteiger partial charge in [-0.2, -0.15) is 0 Å². The van der Waals surface area contributed by atoms with Crippen LogP contribution in [0.15, 0.2) is 182 Å². The van der Waals surface area contributed by atoms with Gasteiger partial charge in [0.25, 0.3) is 0 Å². The van der Waals surface area contributed by atoms with Crippen LogP contribution in [0, 0.1) is 29.6 Å². The molecule has 0 spiro atoms. The number of rotatable bonds is 8. The van der Waals surface area contributed by atoms with Gasteiger partial charge in [0.15, 0.2) is 0 Å². The lowest BCUT2D eigenvalue weighted by Gasteiger charge is -2.57. The molecule has 7 aliphatic carbocycles. The Balaban J connectivity index is 0.895. The first-order valence-corrected chi connectivity index (χ1v) is 26.8. The summed E-state index contributed by atoms with van der Waals surface area (Å²) in [5, 5.41) is 2.60. The molecule has 3 atom stereocenters. The zero-order chi connectivity index (χ0) is 46.3. The smallest absolute Gasteiger partial charge is 0.0588 e. The Kier molecular flexibility index (Phi) is 9.07. The maximum Gasteiger partial charge on any atom is 0.0588 e. The van der Waals surface area contributed by atoms with Crippen molar-refractivity contribution < 1.29 is 0 Å². The van der Waals surface area contributed by atoms with Crippen molar-refractivity contribution in [1.82, 2.24) is 4.57 Å². The summed E-state index contributed by atoms with van der Waals surface area (Å²) in [5.74, 6) is 5.32. The minimum Gasteiger partial charge on any atom is -0.310 e. The first-order chi connectivity index (χ1) is 34.3. The minimum absolute atomic E-state index is 0.296. The minimum atomic E-state index is -0.296. The lowest BCUT2D eigenvalue weighted by atomic mass is 9.48. The molecule has 2 nitrogen and oxygen atoms in total. The fourth-order valence-corrected chi connectivity index (χ4v) is 16.5. The van der Waals surface area contributed by atoms with Crippen LogP contribution in [0.3, 0.4) is 0 Å². The van der Waals surface area contributed by atoms with Gasteiger partial charge in [-0.3, -0.25) is 0 Å². The van der Waals surface area contributed by atoms with Gasteiger partial charge in [0.2, 0.25) is 0 Å². The highest BCUT2D eigenvalue weighted by atomic mass is 15.1. The van der Waals surface area contributed by atoms with Crippen molar-refractivity contribution in [3.63, 3.8) is 0 Å². The zero-order valence-corrected chi connectivity index (χ0v) is 40.8. The van der Waals surface area contributed by atoms with E-state index in [9.17, 15) is 0 Å². The van der Waals surface area contributed by atoms with Crippen LogP contribution >= 0.6 is 0 Å². The molecule has 9 aromatic rings. The van der Waals surface area contributed by atoms with E-state index in [-0.39, 0.29) is 5.41 Å². The number of benzene rings is 8. The summed E-state index contributed by atoms with van der Waals surface area (Å²) in [6.07, 6.45) is 14.3. The van der Waals surface area contributed by atoms with Gasteiger partial charge < -0.3 is 9.47 Å². The Morgan fingerprint density at radius 3 is 1.74 bits per heavy atom. The predicted molar refractivity (Wildman–Crippen MR) is 292 cm³/mol. The molecule has 6 fully saturated rings. The van der Waals surface area contributed by atoms with Crippen molar-refractivity contribution in [1.29, 1.82) is 0 Å². The van der Waals surface area contributed by atoms with E-state index >= 15 is 0 Å². The molecule has 8 aromatic carbocycles. The number of aromatic nitrogens is 1. The summed E-state index contributed by atoms with van der Waals surface area (Å²) in [5.41, 5.74) is 21.1. The van der Waals surface area contributed by atoms with E-state index in [0.717, 1.165) is 35.5 Å². The molecule has 70 heavy (non-hydrogen) atoms. The average molecular weight is 907 g/mol. The van der Waals surface area contributed by atoms with Gasteiger partial charge in [-0.1, -0.05) is 142 Å². The summed E-state index contributed by atoms with van der Waals surface area (Å²) in [4.78, 5) is 2.57. The molecule has 6 bridgehead atoms. The second-order valence-electron chi connectivity index (χ2n) is 23.5. The van der Waals surface area contributed by atoms with Crippen LogP contribution in [0.1, 0.15) is 106 Å². The summed E-state index contributed by atoms with van der Waals surface area (Å²) >= 11 is 0. The monoisotopic (exact) mass is 906 g/mol. The number of anilines is 3. The molecule has 16 rings (SSSR count). The Labute approximate surface area is 414 Å². The van der Waals surface area contributed by atoms with Crippen LogP contribution in [-0.2, 0) is 10.8 Å². The van der Waals surface area contributed by atoms with E-state index in [0.29, 0.717) is 5.41 Å². The molecule has 0 radical (unpaired) electrons.